The van der Waals surface area contributed by atoms with Crippen molar-refractivity contribution < 1.29 is 0 Å². The summed E-state index contributed by atoms with van der Waals surface area (Å²) < 4.78 is 4.28. The van der Waals surface area contributed by atoms with Gasteiger partial charge in [0, 0.05) is 37.2 Å². The van der Waals surface area contributed by atoms with E-state index in [9.17, 15) is 0 Å². The minimum absolute atomic E-state index is 0.925. The smallest absolute Gasteiger partial charge is 0.183 e. The number of pyridine rings is 2. The summed E-state index contributed by atoms with van der Waals surface area (Å²) in [6.45, 7) is 0. The molecule has 7 rings (SSSR count). The van der Waals surface area contributed by atoms with Crippen LogP contribution < -0.4 is 20.7 Å². The number of fused-ring (bicyclic) bond motifs is 3. The lowest BCUT2D eigenvalue weighted by atomic mass is 10.1. The number of aromatic nitrogens is 4. The summed E-state index contributed by atoms with van der Waals surface area (Å²) in [6.07, 6.45) is 12.5. The molecule has 1 aliphatic heterocycles. The fourth-order valence-corrected chi connectivity index (χ4v) is 10.7. The lowest BCUT2D eigenvalue weighted by Gasteiger charge is -2.28. The second kappa shape index (κ2) is 7.79. The Morgan fingerprint density at radius 1 is 0.486 bits per heavy atom. The van der Waals surface area contributed by atoms with Gasteiger partial charge in [-0.3, -0.25) is 0 Å². The van der Waals surface area contributed by atoms with Gasteiger partial charge in [-0.2, -0.15) is 0 Å². The Labute approximate surface area is 204 Å². The summed E-state index contributed by atoms with van der Waals surface area (Å²) in [5, 5.41) is 5.55. The molecule has 35 heavy (non-hydrogen) atoms. The van der Waals surface area contributed by atoms with E-state index >= 15 is 0 Å². The van der Waals surface area contributed by atoms with Crippen LogP contribution in [0.4, 0.5) is 0 Å². The van der Waals surface area contributed by atoms with Crippen molar-refractivity contribution in [3.05, 3.63) is 134 Å². The molecule has 5 heterocycles. The first-order valence-corrected chi connectivity index (χ1v) is 13.7. The van der Waals surface area contributed by atoms with Crippen LogP contribution in [0.25, 0.3) is 22.8 Å². The molecule has 0 amide bonds. The maximum atomic E-state index is 4.58. The molecule has 0 unspecified atom stereocenters. The highest BCUT2D eigenvalue weighted by molar-refractivity contribution is 7.22. The third-order valence-electron chi connectivity index (χ3n) is 7.03. The van der Waals surface area contributed by atoms with E-state index in [0.717, 1.165) is 11.6 Å². The van der Waals surface area contributed by atoms with Crippen LogP contribution in [0.5, 0.6) is 0 Å². The first-order valence-electron chi connectivity index (χ1n) is 11.7. The van der Waals surface area contributed by atoms with Crippen LogP contribution in [-0.2, 0) is 0 Å². The highest BCUT2D eigenvalue weighted by atomic mass is 28.3. The first kappa shape index (κ1) is 19.9. The molecular weight excluding hydrogens is 444 g/mol. The Kier molecular flexibility index (Phi) is 4.44. The SMILES string of the molecule is c1ccc(-n2ccc([Si]3(c4ccn(-c5ccccn5)c4)c4ccccc4-c4ccccc43)c2)nc1. The molecule has 0 fully saturated rings. The molecule has 0 N–H and O–H groups in total. The fraction of sp³-hybridized carbons (Fsp3) is 0. The number of hydrogen-bond acceptors (Lipinski definition) is 2. The van der Waals surface area contributed by atoms with E-state index in [4.69, 9.17) is 0 Å². The lowest BCUT2D eigenvalue weighted by molar-refractivity contribution is 1.01. The van der Waals surface area contributed by atoms with Crippen molar-refractivity contribution in [1.29, 1.82) is 0 Å². The molecule has 2 aromatic carbocycles. The van der Waals surface area contributed by atoms with Gasteiger partial charge in [0.15, 0.2) is 8.07 Å². The Morgan fingerprint density at radius 3 is 1.40 bits per heavy atom. The lowest BCUT2D eigenvalue weighted by Crippen LogP contribution is -2.72. The third-order valence-corrected chi connectivity index (χ3v) is 11.8. The summed E-state index contributed by atoms with van der Waals surface area (Å²) >= 11 is 0. The molecule has 6 aromatic rings. The van der Waals surface area contributed by atoms with E-state index in [1.54, 1.807) is 0 Å². The third kappa shape index (κ3) is 2.92. The quantitative estimate of drug-likeness (QED) is 0.373. The second-order valence-corrected chi connectivity index (χ2v) is 12.6. The minimum atomic E-state index is -2.55. The minimum Gasteiger partial charge on any atom is -0.309 e. The Morgan fingerprint density at radius 2 is 0.943 bits per heavy atom. The molecule has 0 spiro atoms. The Bertz CT molecular complexity index is 1530. The molecule has 4 nitrogen and oxygen atoms in total. The van der Waals surface area contributed by atoms with E-state index in [2.05, 4.69) is 105 Å². The van der Waals surface area contributed by atoms with Crippen molar-refractivity contribution in [2.24, 2.45) is 0 Å². The van der Waals surface area contributed by atoms with Crippen molar-refractivity contribution in [3.63, 3.8) is 0 Å². The number of benzene rings is 2. The number of nitrogens with zero attached hydrogens (tertiary/aromatic N) is 4. The van der Waals surface area contributed by atoms with Gasteiger partial charge in [-0.25, -0.2) is 9.97 Å². The van der Waals surface area contributed by atoms with Gasteiger partial charge in [0.05, 0.1) is 0 Å². The summed E-state index contributed by atoms with van der Waals surface area (Å²) in [5.74, 6) is 1.85. The predicted octanol–water partition coefficient (Wildman–Crippen LogP) is 3.42. The molecule has 166 valence electrons. The van der Waals surface area contributed by atoms with Gasteiger partial charge >= 0.3 is 0 Å². The van der Waals surface area contributed by atoms with Gasteiger partial charge in [0.2, 0.25) is 0 Å². The molecule has 0 atom stereocenters. The zero-order valence-electron chi connectivity index (χ0n) is 19.0. The van der Waals surface area contributed by atoms with E-state index in [0.29, 0.717) is 0 Å². The maximum Gasteiger partial charge on any atom is 0.183 e. The van der Waals surface area contributed by atoms with Gasteiger partial charge in [-0.05, 0) is 68.3 Å². The highest BCUT2D eigenvalue weighted by Gasteiger charge is 2.49. The van der Waals surface area contributed by atoms with Crippen molar-refractivity contribution in [1.82, 2.24) is 19.1 Å². The van der Waals surface area contributed by atoms with Crippen LogP contribution in [0.3, 0.4) is 0 Å². The normalized spacial score (nSPS) is 13.4. The number of rotatable bonds is 4. The molecule has 0 saturated carbocycles. The average Bonchev–Trinajstić information content (AvgIpc) is 3.67. The monoisotopic (exact) mass is 466 g/mol. The Balaban J connectivity index is 1.52. The summed E-state index contributed by atoms with van der Waals surface area (Å²) in [7, 11) is -2.55. The molecule has 0 bridgehead atoms. The van der Waals surface area contributed by atoms with Crippen LogP contribution in [0.15, 0.2) is 134 Å². The van der Waals surface area contributed by atoms with Crippen LogP contribution in [0.1, 0.15) is 0 Å². The van der Waals surface area contributed by atoms with E-state index in [1.165, 1.54) is 31.9 Å². The van der Waals surface area contributed by atoms with Gasteiger partial charge in [0.1, 0.15) is 11.6 Å². The van der Waals surface area contributed by atoms with E-state index < -0.39 is 8.07 Å². The molecule has 0 saturated heterocycles. The van der Waals surface area contributed by atoms with Crippen LogP contribution >= 0.6 is 0 Å². The fourth-order valence-electron chi connectivity index (χ4n) is 5.56. The first-order chi connectivity index (χ1) is 17.4. The number of hydrogen-bond donors (Lipinski definition) is 0. The van der Waals surface area contributed by atoms with Gasteiger partial charge in [-0.15, -0.1) is 0 Å². The molecule has 5 heteroatoms. The molecule has 1 aliphatic rings. The topological polar surface area (TPSA) is 35.6 Å². The van der Waals surface area contributed by atoms with E-state index in [1.807, 2.05) is 48.8 Å². The molecular formula is C30H22N4Si. The largest absolute Gasteiger partial charge is 0.309 e. The van der Waals surface area contributed by atoms with Crippen LogP contribution in [0, 0.1) is 0 Å². The van der Waals surface area contributed by atoms with Crippen molar-refractivity contribution in [2.75, 3.05) is 0 Å². The predicted molar refractivity (Wildman–Crippen MR) is 143 cm³/mol. The highest BCUT2D eigenvalue weighted by Crippen LogP contribution is 2.28. The van der Waals surface area contributed by atoms with Crippen LogP contribution in [-0.4, -0.2) is 27.2 Å². The molecule has 0 radical (unpaired) electrons. The Hall–Kier alpha value is -4.48. The van der Waals surface area contributed by atoms with Gasteiger partial charge < -0.3 is 9.13 Å². The van der Waals surface area contributed by atoms with E-state index in [-0.39, 0.29) is 0 Å². The zero-order chi connectivity index (χ0) is 23.2. The molecule has 4 aromatic heterocycles. The summed E-state index contributed by atoms with van der Waals surface area (Å²) in [5.41, 5.74) is 2.68. The average molecular weight is 467 g/mol. The van der Waals surface area contributed by atoms with Crippen molar-refractivity contribution >= 4 is 28.8 Å². The zero-order valence-corrected chi connectivity index (χ0v) is 20.0. The van der Waals surface area contributed by atoms with Crippen molar-refractivity contribution in [2.45, 2.75) is 0 Å². The van der Waals surface area contributed by atoms with Gasteiger partial charge in [-0.1, -0.05) is 60.7 Å². The summed E-state index contributed by atoms with van der Waals surface area (Å²) in [6, 6.07) is 34.5. The maximum absolute atomic E-state index is 4.58. The summed E-state index contributed by atoms with van der Waals surface area (Å²) in [4.78, 5) is 9.17. The van der Waals surface area contributed by atoms with Crippen molar-refractivity contribution in [3.8, 4) is 22.8 Å². The molecule has 0 aliphatic carbocycles. The van der Waals surface area contributed by atoms with Gasteiger partial charge in [0.25, 0.3) is 0 Å². The second-order valence-electron chi connectivity index (χ2n) is 8.83. The van der Waals surface area contributed by atoms with Crippen LogP contribution in [0.2, 0.25) is 0 Å². The standard InChI is InChI=1S/C30H22N4Si/c1-3-11-27-25(9-1)26-10-2-4-12-28(26)35(27,23-15-19-33(21-23)29-13-5-7-17-31-29)24-16-20-34(22-24)30-14-6-8-18-32-30/h1-22H.